The molecule has 1 fully saturated rings. The van der Waals surface area contributed by atoms with Gasteiger partial charge in [-0.1, -0.05) is 20.8 Å². The van der Waals surface area contributed by atoms with Crippen LogP contribution in [0.3, 0.4) is 0 Å². The van der Waals surface area contributed by atoms with Crippen LogP contribution < -0.4 is 0 Å². The zero-order valence-corrected chi connectivity index (χ0v) is 7.96. The van der Waals surface area contributed by atoms with E-state index in [2.05, 4.69) is 0 Å². The lowest BCUT2D eigenvalue weighted by Crippen LogP contribution is -2.30. The second-order valence-electron chi connectivity index (χ2n) is 4.37. The number of aldehydes is 1. The van der Waals surface area contributed by atoms with Gasteiger partial charge in [0.25, 0.3) is 0 Å². The van der Waals surface area contributed by atoms with Crippen LogP contribution in [0.2, 0.25) is 0 Å². The first kappa shape index (κ1) is 9.43. The Morgan fingerprint density at radius 2 is 2.00 bits per heavy atom. The van der Waals surface area contributed by atoms with Crippen LogP contribution in [0.5, 0.6) is 0 Å². The summed E-state index contributed by atoms with van der Waals surface area (Å²) in [6.07, 6.45) is 2.74. The molecule has 2 nitrogen and oxygen atoms in total. The van der Waals surface area contributed by atoms with E-state index in [-0.39, 0.29) is 17.6 Å². The van der Waals surface area contributed by atoms with Gasteiger partial charge >= 0.3 is 0 Å². The highest BCUT2D eigenvalue weighted by atomic mass is 16.1. The number of rotatable bonds is 2. The monoisotopic (exact) mass is 168 g/mol. The fourth-order valence-corrected chi connectivity index (χ4v) is 1.87. The third-order valence-electron chi connectivity index (χ3n) is 2.92. The Balaban J connectivity index is 2.78. The molecule has 1 aliphatic carbocycles. The number of Topliss-reactive ketones (excluding diaryl/α,β-unsaturated/α-hetero) is 1. The Morgan fingerprint density at radius 1 is 1.42 bits per heavy atom. The standard InChI is InChI=1S/C10H16O2/c1-7-4-5-8(9(7)12)10(2,3)6-11/h6-8H,4-5H2,1-3H3. The largest absolute Gasteiger partial charge is 0.303 e. The summed E-state index contributed by atoms with van der Waals surface area (Å²) in [5.74, 6) is 0.395. The topological polar surface area (TPSA) is 34.1 Å². The van der Waals surface area contributed by atoms with Gasteiger partial charge in [0, 0.05) is 17.3 Å². The third kappa shape index (κ3) is 1.43. The maximum absolute atomic E-state index is 11.6. The summed E-state index contributed by atoms with van der Waals surface area (Å²) in [5.41, 5.74) is -0.457. The number of ketones is 1. The minimum atomic E-state index is -0.457. The van der Waals surface area contributed by atoms with E-state index in [1.54, 1.807) is 0 Å². The maximum atomic E-state index is 11.6. The zero-order valence-electron chi connectivity index (χ0n) is 7.96. The first-order valence-electron chi connectivity index (χ1n) is 4.49. The lowest BCUT2D eigenvalue weighted by molar-refractivity contribution is -0.131. The van der Waals surface area contributed by atoms with E-state index in [4.69, 9.17) is 0 Å². The molecular weight excluding hydrogens is 152 g/mol. The molecule has 0 aromatic rings. The molecule has 2 heteroatoms. The molecule has 0 heterocycles. The van der Waals surface area contributed by atoms with Crippen molar-refractivity contribution in [3.05, 3.63) is 0 Å². The van der Waals surface area contributed by atoms with Crippen molar-refractivity contribution in [1.82, 2.24) is 0 Å². The van der Waals surface area contributed by atoms with Gasteiger partial charge in [-0.15, -0.1) is 0 Å². The van der Waals surface area contributed by atoms with Gasteiger partial charge in [-0.05, 0) is 12.8 Å². The molecule has 68 valence electrons. The molecule has 0 aromatic heterocycles. The Morgan fingerprint density at radius 3 is 2.33 bits per heavy atom. The number of hydrogen-bond donors (Lipinski definition) is 0. The van der Waals surface area contributed by atoms with E-state index < -0.39 is 5.41 Å². The third-order valence-corrected chi connectivity index (χ3v) is 2.92. The molecule has 0 spiro atoms. The molecule has 0 aromatic carbocycles. The summed E-state index contributed by atoms with van der Waals surface area (Å²) < 4.78 is 0. The molecule has 12 heavy (non-hydrogen) atoms. The average Bonchev–Trinajstić information content (AvgIpc) is 2.33. The first-order valence-corrected chi connectivity index (χ1v) is 4.49. The fourth-order valence-electron chi connectivity index (χ4n) is 1.87. The molecule has 0 saturated heterocycles. The number of carbonyl (C=O) groups is 2. The van der Waals surface area contributed by atoms with Gasteiger partial charge < -0.3 is 4.79 Å². The second kappa shape index (κ2) is 3.00. The number of hydrogen-bond acceptors (Lipinski definition) is 2. The van der Waals surface area contributed by atoms with Crippen LogP contribution in [0.15, 0.2) is 0 Å². The summed E-state index contributed by atoms with van der Waals surface area (Å²) in [6.45, 7) is 5.64. The van der Waals surface area contributed by atoms with Crippen LogP contribution in [0.1, 0.15) is 33.6 Å². The van der Waals surface area contributed by atoms with Gasteiger partial charge in [0.15, 0.2) is 0 Å². The van der Waals surface area contributed by atoms with E-state index in [9.17, 15) is 9.59 Å². The van der Waals surface area contributed by atoms with E-state index in [0.29, 0.717) is 0 Å². The van der Waals surface area contributed by atoms with Gasteiger partial charge in [0.1, 0.15) is 12.1 Å². The van der Waals surface area contributed by atoms with E-state index in [0.717, 1.165) is 19.1 Å². The highest BCUT2D eigenvalue weighted by molar-refractivity contribution is 5.88. The summed E-state index contributed by atoms with van der Waals surface area (Å²) >= 11 is 0. The lowest BCUT2D eigenvalue weighted by atomic mass is 9.78. The summed E-state index contributed by atoms with van der Waals surface area (Å²) in [6, 6.07) is 0. The van der Waals surface area contributed by atoms with Gasteiger partial charge in [-0.2, -0.15) is 0 Å². The highest BCUT2D eigenvalue weighted by Gasteiger charge is 2.41. The first-order chi connectivity index (χ1) is 5.49. The van der Waals surface area contributed by atoms with Crippen molar-refractivity contribution in [2.75, 3.05) is 0 Å². The van der Waals surface area contributed by atoms with E-state index >= 15 is 0 Å². The second-order valence-corrected chi connectivity index (χ2v) is 4.37. The Bertz CT molecular complexity index is 206. The van der Waals surface area contributed by atoms with Crippen molar-refractivity contribution >= 4 is 12.1 Å². The van der Waals surface area contributed by atoms with Crippen LogP contribution in [0.25, 0.3) is 0 Å². The molecule has 1 aliphatic rings. The van der Waals surface area contributed by atoms with Crippen molar-refractivity contribution in [2.24, 2.45) is 17.3 Å². The van der Waals surface area contributed by atoms with E-state index in [1.807, 2.05) is 20.8 Å². The normalized spacial score (nSPS) is 30.8. The predicted octanol–water partition coefficient (Wildman–Crippen LogP) is 1.83. The molecule has 0 bridgehead atoms. The van der Waals surface area contributed by atoms with Gasteiger partial charge in [0.2, 0.25) is 0 Å². The van der Waals surface area contributed by atoms with Crippen molar-refractivity contribution in [3.8, 4) is 0 Å². The minimum Gasteiger partial charge on any atom is -0.303 e. The van der Waals surface area contributed by atoms with Crippen LogP contribution in [-0.4, -0.2) is 12.1 Å². The molecule has 0 aliphatic heterocycles. The lowest BCUT2D eigenvalue weighted by Gasteiger charge is -2.23. The van der Waals surface area contributed by atoms with Crippen LogP contribution in [0.4, 0.5) is 0 Å². The van der Waals surface area contributed by atoms with Crippen LogP contribution >= 0.6 is 0 Å². The smallest absolute Gasteiger partial charge is 0.139 e. The summed E-state index contributed by atoms with van der Waals surface area (Å²) in [7, 11) is 0. The minimum absolute atomic E-state index is 0.0370. The predicted molar refractivity (Wildman–Crippen MR) is 46.7 cm³/mol. The van der Waals surface area contributed by atoms with Crippen molar-refractivity contribution in [1.29, 1.82) is 0 Å². The SMILES string of the molecule is CC1CCC(C(C)(C)C=O)C1=O. The Kier molecular flexibility index (Phi) is 2.36. The summed E-state index contributed by atoms with van der Waals surface area (Å²) in [4.78, 5) is 22.3. The molecule has 2 unspecified atom stereocenters. The molecule has 0 amide bonds. The Hall–Kier alpha value is -0.660. The zero-order chi connectivity index (χ0) is 9.35. The number of carbonyl (C=O) groups excluding carboxylic acids is 2. The van der Waals surface area contributed by atoms with Gasteiger partial charge in [0.05, 0.1) is 0 Å². The molecule has 1 rings (SSSR count). The maximum Gasteiger partial charge on any atom is 0.139 e. The molecule has 1 saturated carbocycles. The van der Waals surface area contributed by atoms with Crippen molar-refractivity contribution < 1.29 is 9.59 Å². The average molecular weight is 168 g/mol. The Labute approximate surface area is 73.3 Å². The molecule has 2 atom stereocenters. The molecular formula is C10H16O2. The highest BCUT2D eigenvalue weighted by Crippen LogP contribution is 2.38. The molecule has 0 radical (unpaired) electrons. The van der Waals surface area contributed by atoms with E-state index in [1.165, 1.54) is 0 Å². The van der Waals surface area contributed by atoms with Crippen molar-refractivity contribution in [2.45, 2.75) is 33.6 Å². The van der Waals surface area contributed by atoms with Gasteiger partial charge in [-0.3, -0.25) is 4.79 Å². The summed E-state index contributed by atoms with van der Waals surface area (Å²) in [5, 5.41) is 0. The molecule has 0 N–H and O–H groups in total. The van der Waals surface area contributed by atoms with Gasteiger partial charge in [-0.25, -0.2) is 0 Å². The quantitative estimate of drug-likeness (QED) is 0.589. The van der Waals surface area contributed by atoms with Crippen LogP contribution in [0, 0.1) is 17.3 Å². The van der Waals surface area contributed by atoms with Crippen molar-refractivity contribution in [3.63, 3.8) is 0 Å². The van der Waals surface area contributed by atoms with Crippen LogP contribution in [-0.2, 0) is 9.59 Å². The fraction of sp³-hybridized carbons (Fsp3) is 0.800.